The molecule has 2 aromatic carbocycles. The van der Waals surface area contributed by atoms with Crippen molar-refractivity contribution in [1.82, 2.24) is 0 Å². The lowest BCUT2D eigenvalue weighted by molar-refractivity contribution is 0.102. The standard InChI is InChI=1S/C17H18O2S/c1-2-12-20-13-17(18)14-8-10-16(11-9-14)19-15-6-4-3-5-7-15/h3-11H,2,12-13H2,1H3. The van der Waals surface area contributed by atoms with Gasteiger partial charge in [0.2, 0.25) is 0 Å². The number of ether oxygens (including phenoxy) is 1. The molecule has 0 atom stereocenters. The van der Waals surface area contributed by atoms with Gasteiger partial charge in [0, 0.05) is 5.56 Å². The lowest BCUT2D eigenvalue weighted by Crippen LogP contribution is -2.02. The van der Waals surface area contributed by atoms with Gasteiger partial charge in [0.25, 0.3) is 0 Å². The van der Waals surface area contributed by atoms with E-state index in [4.69, 9.17) is 4.74 Å². The van der Waals surface area contributed by atoms with Gasteiger partial charge in [0.05, 0.1) is 5.75 Å². The Morgan fingerprint density at radius 3 is 2.30 bits per heavy atom. The fraction of sp³-hybridized carbons (Fsp3) is 0.235. The lowest BCUT2D eigenvalue weighted by atomic mass is 10.1. The van der Waals surface area contributed by atoms with Crippen molar-refractivity contribution < 1.29 is 9.53 Å². The fourth-order valence-electron chi connectivity index (χ4n) is 1.73. The highest BCUT2D eigenvalue weighted by atomic mass is 32.2. The summed E-state index contributed by atoms with van der Waals surface area (Å²) in [5.41, 5.74) is 0.744. The molecule has 0 aliphatic carbocycles. The topological polar surface area (TPSA) is 26.3 Å². The molecule has 0 saturated heterocycles. The van der Waals surface area contributed by atoms with Crippen molar-refractivity contribution in [2.24, 2.45) is 0 Å². The fourth-order valence-corrected chi connectivity index (χ4v) is 2.51. The maximum atomic E-state index is 11.9. The molecule has 3 heteroatoms. The molecule has 0 unspecified atom stereocenters. The summed E-state index contributed by atoms with van der Waals surface area (Å²) in [5.74, 6) is 3.29. The Bertz CT molecular complexity index is 535. The second kappa shape index (κ2) is 7.75. The highest BCUT2D eigenvalue weighted by molar-refractivity contribution is 7.99. The molecule has 0 spiro atoms. The summed E-state index contributed by atoms with van der Waals surface area (Å²) in [7, 11) is 0. The van der Waals surface area contributed by atoms with E-state index in [1.54, 1.807) is 11.8 Å². The van der Waals surface area contributed by atoms with E-state index < -0.39 is 0 Å². The summed E-state index contributed by atoms with van der Waals surface area (Å²) >= 11 is 1.68. The average molecular weight is 286 g/mol. The van der Waals surface area contributed by atoms with Gasteiger partial charge in [-0.15, -0.1) is 0 Å². The van der Waals surface area contributed by atoms with Gasteiger partial charge in [-0.3, -0.25) is 4.79 Å². The molecule has 0 aromatic heterocycles. The smallest absolute Gasteiger partial charge is 0.172 e. The number of hydrogen-bond acceptors (Lipinski definition) is 3. The van der Waals surface area contributed by atoms with Crippen LogP contribution in [0.25, 0.3) is 0 Å². The zero-order valence-corrected chi connectivity index (χ0v) is 12.4. The maximum absolute atomic E-state index is 11.9. The second-order valence-electron chi connectivity index (χ2n) is 4.42. The summed E-state index contributed by atoms with van der Waals surface area (Å²) in [6, 6.07) is 16.9. The number of Topliss-reactive ketones (excluding diaryl/α,β-unsaturated/α-hetero) is 1. The van der Waals surface area contributed by atoms with Gasteiger partial charge in [-0.1, -0.05) is 25.1 Å². The minimum absolute atomic E-state index is 0.176. The molecule has 0 radical (unpaired) electrons. The molecule has 2 rings (SSSR count). The first-order valence-electron chi connectivity index (χ1n) is 6.73. The Hall–Kier alpha value is -1.74. The summed E-state index contributed by atoms with van der Waals surface area (Å²) < 4.78 is 5.70. The molecule has 2 aromatic rings. The molecular formula is C17H18O2S. The minimum Gasteiger partial charge on any atom is -0.457 e. The summed E-state index contributed by atoms with van der Waals surface area (Å²) in [4.78, 5) is 11.9. The molecule has 104 valence electrons. The zero-order chi connectivity index (χ0) is 14.2. The molecule has 0 fully saturated rings. The summed E-state index contributed by atoms with van der Waals surface area (Å²) in [6.45, 7) is 2.12. The van der Waals surface area contributed by atoms with Crippen molar-refractivity contribution in [2.75, 3.05) is 11.5 Å². The number of carbonyl (C=O) groups is 1. The van der Waals surface area contributed by atoms with Gasteiger partial charge in [0.1, 0.15) is 11.5 Å². The van der Waals surface area contributed by atoms with E-state index in [-0.39, 0.29) is 5.78 Å². The molecule has 20 heavy (non-hydrogen) atoms. The van der Waals surface area contributed by atoms with E-state index >= 15 is 0 Å². The number of rotatable bonds is 7. The van der Waals surface area contributed by atoms with Crippen molar-refractivity contribution >= 4 is 17.5 Å². The molecule has 0 saturated carbocycles. The predicted molar refractivity (Wildman–Crippen MR) is 84.9 cm³/mol. The third-order valence-corrected chi connectivity index (χ3v) is 3.90. The zero-order valence-electron chi connectivity index (χ0n) is 11.5. The average Bonchev–Trinajstić information content (AvgIpc) is 2.49. The highest BCUT2D eigenvalue weighted by Gasteiger charge is 2.06. The molecule has 2 nitrogen and oxygen atoms in total. The van der Waals surface area contributed by atoms with Gasteiger partial charge in [-0.2, -0.15) is 11.8 Å². The summed E-state index contributed by atoms with van der Waals surface area (Å²) in [5, 5.41) is 0. The van der Waals surface area contributed by atoms with Crippen LogP contribution >= 0.6 is 11.8 Å². The van der Waals surface area contributed by atoms with E-state index in [9.17, 15) is 4.79 Å². The second-order valence-corrected chi connectivity index (χ2v) is 5.52. The highest BCUT2D eigenvalue weighted by Crippen LogP contribution is 2.21. The molecular weight excluding hydrogens is 268 g/mol. The molecule has 0 aliphatic heterocycles. The van der Waals surface area contributed by atoms with Crippen LogP contribution in [0.5, 0.6) is 11.5 Å². The van der Waals surface area contributed by atoms with Crippen LogP contribution in [-0.4, -0.2) is 17.3 Å². The normalized spacial score (nSPS) is 10.2. The van der Waals surface area contributed by atoms with Crippen molar-refractivity contribution in [3.8, 4) is 11.5 Å². The van der Waals surface area contributed by atoms with E-state index in [0.29, 0.717) is 5.75 Å². The monoisotopic (exact) mass is 286 g/mol. The minimum atomic E-state index is 0.176. The Balaban J connectivity index is 1.94. The number of hydrogen-bond donors (Lipinski definition) is 0. The van der Waals surface area contributed by atoms with E-state index in [1.165, 1.54) is 0 Å². The van der Waals surface area contributed by atoms with Gasteiger partial charge in [0.15, 0.2) is 5.78 Å². The van der Waals surface area contributed by atoms with Crippen molar-refractivity contribution in [3.63, 3.8) is 0 Å². The Morgan fingerprint density at radius 1 is 1.00 bits per heavy atom. The largest absolute Gasteiger partial charge is 0.457 e. The first-order valence-corrected chi connectivity index (χ1v) is 7.89. The van der Waals surface area contributed by atoms with Crippen molar-refractivity contribution in [3.05, 3.63) is 60.2 Å². The van der Waals surface area contributed by atoms with Crippen LogP contribution < -0.4 is 4.74 Å². The Morgan fingerprint density at radius 2 is 1.65 bits per heavy atom. The molecule has 0 N–H and O–H groups in total. The lowest BCUT2D eigenvalue weighted by Gasteiger charge is -2.06. The Kier molecular flexibility index (Phi) is 5.69. The third kappa shape index (κ3) is 4.42. The third-order valence-electron chi connectivity index (χ3n) is 2.74. The number of para-hydroxylation sites is 1. The van der Waals surface area contributed by atoms with Crippen molar-refractivity contribution in [2.45, 2.75) is 13.3 Å². The van der Waals surface area contributed by atoms with Gasteiger partial charge in [-0.25, -0.2) is 0 Å². The number of carbonyl (C=O) groups excluding carboxylic acids is 1. The van der Waals surface area contributed by atoms with Crippen LogP contribution in [0.1, 0.15) is 23.7 Å². The molecule has 0 aliphatic rings. The van der Waals surface area contributed by atoms with Gasteiger partial charge >= 0.3 is 0 Å². The van der Waals surface area contributed by atoms with Crippen LogP contribution in [0, 0.1) is 0 Å². The first kappa shape index (κ1) is 14.7. The van der Waals surface area contributed by atoms with Crippen LogP contribution in [0.15, 0.2) is 54.6 Å². The first-order chi connectivity index (χ1) is 9.79. The van der Waals surface area contributed by atoms with Crippen LogP contribution in [0.2, 0.25) is 0 Å². The van der Waals surface area contributed by atoms with Gasteiger partial charge < -0.3 is 4.74 Å². The molecule has 0 amide bonds. The number of thioether (sulfide) groups is 1. The van der Waals surface area contributed by atoms with Crippen molar-refractivity contribution in [1.29, 1.82) is 0 Å². The number of ketones is 1. The van der Waals surface area contributed by atoms with Gasteiger partial charge in [-0.05, 0) is 48.6 Å². The van der Waals surface area contributed by atoms with Crippen LogP contribution in [-0.2, 0) is 0 Å². The van der Waals surface area contributed by atoms with E-state index in [2.05, 4.69) is 6.92 Å². The molecule has 0 heterocycles. The molecule has 0 bridgehead atoms. The van der Waals surface area contributed by atoms with E-state index in [0.717, 1.165) is 29.2 Å². The van der Waals surface area contributed by atoms with Crippen LogP contribution in [0.3, 0.4) is 0 Å². The maximum Gasteiger partial charge on any atom is 0.172 e. The predicted octanol–water partition coefficient (Wildman–Crippen LogP) is 4.80. The number of benzene rings is 2. The van der Waals surface area contributed by atoms with E-state index in [1.807, 2.05) is 54.6 Å². The Labute approximate surface area is 124 Å². The SMILES string of the molecule is CCCSCC(=O)c1ccc(Oc2ccccc2)cc1. The quantitative estimate of drug-likeness (QED) is 0.540. The van der Waals surface area contributed by atoms with Crippen LogP contribution in [0.4, 0.5) is 0 Å². The summed E-state index contributed by atoms with van der Waals surface area (Å²) in [6.07, 6.45) is 1.10.